The van der Waals surface area contributed by atoms with E-state index in [0.29, 0.717) is 26.2 Å². The molecule has 0 spiro atoms. The normalized spacial score (nSPS) is 15.0. The lowest BCUT2D eigenvalue weighted by Crippen LogP contribution is -2.44. The van der Waals surface area contributed by atoms with Gasteiger partial charge in [0, 0.05) is 25.9 Å². The minimum atomic E-state index is -0.781. The number of rotatable bonds is 18. The molecule has 0 radical (unpaired) electrons. The van der Waals surface area contributed by atoms with E-state index in [9.17, 15) is 9.90 Å². The first-order valence-electron chi connectivity index (χ1n) is 10.3. The van der Waals surface area contributed by atoms with Gasteiger partial charge >= 0.3 is 5.97 Å². The van der Waals surface area contributed by atoms with Crippen LogP contribution in [-0.2, 0) is 23.7 Å². The van der Waals surface area contributed by atoms with Crippen LogP contribution in [0.4, 0.5) is 0 Å². The second kappa shape index (κ2) is 18.4. The van der Waals surface area contributed by atoms with E-state index in [0.717, 1.165) is 38.5 Å². The molecule has 0 aromatic rings. The van der Waals surface area contributed by atoms with E-state index in [-0.39, 0.29) is 12.7 Å². The molecule has 0 aliphatic rings. The third-order valence-electron chi connectivity index (χ3n) is 4.14. The summed E-state index contributed by atoms with van der Waals surface area (Å²) in [6, 6.07) is 0. The topological polar surface area (TPSA) is 74.2 Å². The summed E-state index contributed by atoms with van der Waals surface area (Å²) in [5.74, 6) is -0.408. The van der Waals surface area contributed by atoms with Crippen molar-refractivity contribution < 1.29 is 28.8 Å². The molecule has 0 saturated carbocycles. The third kappa shape index (κ3) is 13.8. The highest BCUT2D eigenvalue weighted by molar-refractivity contribution is 5.81. The smallest absolute Gasteiger partial charge is 0.330 e. The Kier molecular flexibility index (Phi) is 17.8. The number of methoxy groups -OCH3 is 1. The van der Waals surface area contributed by atoms with Gasteiger partial charge < -0.3 is 24.1 Å². The maximum absolute atomic E-state index is 11.3. The summed E-state index contributed by atoms with van der Waals surface area (Å²) >= 11 is 0. The van der Waals surface area contributed by atoms with Crippen molar-refractivity contribution in [2.75, 3.05) is 33.5 Å². The van der Waals surface area contributed by atoms with E-state index in [1.807, 2.05) is 0 Å². The molecule has 0 heterocycles. The Morgan fingerprint density at radius 1 is 0.963 bits per heavy atom. The van der Waals surface area contributed by atoms with Gasteiger partial charge in [-0.3, -0.25) is 0 Å². The van der Waals surface area contributed by atoms with E-state index < -0.39 is 18.2 Å². The van der Waals surface area contributed by atoms with Crippen molar-refractivity contribution in [2.45, 2.75) is 84.0 Å². The SMILES string of the molecule is CCCCOC[C@@H](O)[C@H](OCCCC)[C@@H](C/C=C/C(=O)OC)OCCCC. The number of aliphatic hydroxyl groups is 1. The van der Waals surface area contributed by atoms with Crippen LogP contribution in [0.2, 0.25) is 0 Å². The monoisotopic (exact) mass is 388 g/mol. The molecule has 0 unspecified atom stereocenters. The number of hydrogen-bond acceptors (Lipinski definition) is 6. The largest absolute Gasteiger partial charge is 0.466 e. The number of hydrogen-bond donors (Lipinski definition) is 1. The Morgan fingerprint density at radius 2 is 1.56 bits per heavy atom. The van der Waals surface area contributed by atoms with Crippen LogP contribution in [0.25, 0.3) is 0 Å². The zero-order chi connectivity index (χ0) is 20.3. The average Bonchev–Trinajstić information content (AvgIpc) is 2.67. The Hall–Kier alpha value is -0.950. The summed E-state index contributed by atoms with van der Waals surface area (Å²) in [4.78, 5) is 11.3. The van der Waals surface area contributed by atoms with Gasteiger partial charge in [-0.1, -0.05) is 46.1 Å². The maximum atomic E-state index is 11.3. The van der Waals surface area contributed by atoms with Crippen LogP contribution in [0.1, 0.15) is 65.7 Å². The molecule has 0 aromatic heterocycles. The van der Waals surface area contributed by atoms with E-state index in [2.05, 4.69) is 25.5 Å². The maximum Gasteiger partial charge on any atom is 0.330 e. The summed E-state index contributed by atoms with van der Waals surface area (Å²) in [5.41, 5.74) is 0. The van der Waals surface area contributed by atoms with Crippen LogP contribution < -0.4 is 0 Å². The molecule has 27 heavy (non-hydrogen) atoms. The first-order chi connectivity index (χ1) is 13.1. The van der Waals surface area contributed by atoms with Crippen molar-refractivity contribution >= 4 is 5.97 Å². The number of carbonyl (C=O) groups excluding carboxylic acids is 1. The fourth-order valence-corrected chi connectivity index (χ4v) is 2.42. The van der Waals surface area contributed by atoms with Gasteiger partial charge in [-0.2, -0.15) is 0 Å². The van der Waals surface area contributed by atoms with Gasteiger partial charge in [0.05, 0.1) is 19.8 Å². The third-order valence-corrected chi connectivity index (χ3v) is 4.14. The van der Waals surface area contributed by atoms with Crippen molar-refractivity contribution in [3.63, 3.8) is 0 Å². The highest BCUT2D eigenvalue weighted by Crippen LogP contribution is 2.16. The Balaban J connectivity index is 4.96. The number of carbonyl (C=O) groups is 1. The van der Waals surface area contributed by atoms with Crippen molar-refractivity contribution in [1.82, 2.24) is 0 Å². The quantitative estimate of drug-likeness (QED) is 0.219. The summed E-state index contributed by atoms with van der Waals surface area (Å²) in [7, 11) is 1.34. The van der Waals surface area contributed by atoms with Crippen molar-refractivity contribution in [3.8, 4) is 0 Å². The summed E-state index contributed by atoms with van der Waals surface area (Å²) in [6.45, 7) is 8.27. The Morgan fingerprint density at radius 3 is 2.15 bits per heavy atom. The Labute approximate surface area is 165 Å². The van der Waals surface area contributed by atoms with E-state index in [1.54, 1.807) is 6.08 Å². The van der Waals surface area contributed by atoms with Crippen LogP contribution in [-0.4, -0.2) is 62.9 Å². The second-order valence-corrected chi connectivity index (χ2v) is 6.61. The molecule has 0 aliphatic heterocycles. The number of esters is 1. The van der Waals surface area contributed by atoms with Crippen LogP contribution >= 0.6 is 0 Å². The zero-order valence-electron chi connectivity index (χ0n) is 17.7. The Bertz CT molecular complexity index is 372. The van der Waals surface area contributed by atoms with Crippen molar-refractivity contribution in [1.29, 1.82) is 0 Å². The van der Waals surface area contributed by atoms with Gasteiger partial charge in [0.15, 0.2) is 0 Å². The van der Waals surface area contributed by atoms with E-state index in [4.69, 9.17) is 14.2 Å². The predicted molar refractivity (Wildman–Crippen MR) is 107 cm³/mol. The van der Waals surface area contributed by atoms with E-state index >= 15 is 0 Å². The predicted octanol–water partition coefficient (Wildman–Crippen LogP) is 3.65. The molecule has 0 saturated heterocycles. The molecule has 0 aliphatic carbocycles. The molecule has 0 amide bonds. The second-order valence-electron chi connectivity index (χ2n) is 6.61. The number of ether oxygens (including phenoxy) is 4. The first-order valence-corrected chi connectivity index (χ1v) is 10.3. The molecule has 0 aromatic carbocycles. The lowest BCUT2D eigenvalue weighted by Gasteiger charge is -2.30. The molecule has 6 nitrogen and oxygen atoms in total. The van der Waals surface area contributed by atoms with Crippen molar-refractivity contribution in [3.05, 3.63) is 12.2 Å². The highest BCUT2D eigenvalue weighted by Gasteiger charge is 2.29. The van der Waals surface area contributed by atoms with Crippen LogP contribution in [0.15, 0.2) is 12.2 Å². The van der Waals surface area contributed by atoms with Gasteiger partial charge in [0.25, 0.3) is 0 Å². The molecular formula is C21H40O6. The fourth-order valence-electron chi connectivity index (χ4n) is 2.42. The molecule has 0 rings (SSSR count). The van der Waals surface area contributed by atoms with Crippen LogP contribution in [0.5, 0.6) is 0 Å². The number of aliphatic hydroxyl groups excluding tert-OH is 1. The molecule has 6 heteroatoms. The van der Waals surface area contributed by atoms with Gasteiger partial charge in [0.1, 0.15) is 12.2 Å². The van der Waals surface area contributed by atoms with Crippen LogP contribution in [0.3, 0.4) is 0 Å². The molecule has 0 bridgehead atoms. The minimum Gasteiger partial charge on any atom is -0.466 e. The average molecular weight is 389 g/mol. The summed E-state index contributed by atoms with van der Waals surface area (Å²) in [5, 5.41) is 10.6. The molecule has 0 fully saturated rings. The summed E-state index contributed by atoms with van der Waals surface area (Å²) < 4.78 is 22.2. The van der Waals surface area contributed by atoms with Gasteiger partial charge in [0.2, 0.25) is 0 Å². The first kappa shape index (κ1) is 26.1. The van der Waals surface area contributed by atoms with Gasteiger partial charge in [-0.05, 0) is 25.7 Å². The highest BCUT2D eigenvalue weighted by atomic mass is 16.6. The number of unbranched alkanes of at least 4 members (excludes halogenated alkanes) is 3. The summed E-state index contributed by atoms with van der Waals surface area (Å²) in [6.07, 6.45) is 7.82. The minimum absolute atomic E-state index is 0.213. The van der Waals surface area contributed by atoms with Crippen molar-refractivity contribution in [2.24, 2.45) is 0 Å². The van der Waals surface area contributed by atoms with E-state index in [1.165, 1.54) is 13.2 Å². The standard InChI is InChI=1S/C21H40O6/c1-5-8-14-25-17-18(22)21(27-16-10-7-3)19(26-15-9-6-2)12-11-13-20(23)24-4/h11,13,18-19,21-22H,5-10,12,14-17H2,1-4H3/b13-11+/t18-,19-,21+/m1/s1. The van der Waals surface area contributed by atoms with Crippen LogP contribution in [0, 0.1) is 0 Å². The molecule has 160 valence electrons. The zero-order valence-corrected chi connectivity index (χ0v) is 17.7. The van der Waals surface area contributed by atoms with Gasteiger partial charge in [-0.15, -0.1) is 0 Å². The lowest BCUT2D eigenvalue weighted by molar-refractivity contribution is -0.138. The lowest BCUT2D eigenvalue weighted by atomic mass is 10.0. The molecular weight excluding hydrogens is 348 g/mol. The molecule has 3 atom stereocenters. The van der Waals surface area contributed by atoms with Gasteiger partial charge in [-0.25, -0.2) is 4.79 Å². The fraction of sp³-hybridized carbons (Fsp3) is 0.857. The molecule has 1 N–H and O–H groups in total.